The zero-order chi connectivity index (χ0) is 19.1. The highest BCUT2D eigenvalue weighted by Crippen LogP contribution is 2.54. The highest BCUT2D eigenvalue weighted by Gasteiger charge is 2.48. The van der Waals surface area contributed by atoms with E-state index in [2.05, 4.69) is 71.8 Å². The third kappa shape index (κ3) is 3.04. The van der Waals surface area contributed by atoms with Crippen molar-refractivity contribution in [2.75, 3.05) is 0 Å². The second-order valence-electron chi connectivity index (χ2n) is 9.07. The molecule has 0 amide bonds. The molecule has 3 rings (SSSR count). The predicted molar refractivity (Wildman–Crippen MR) is 110 cm³/mol. The summed E-state index contributed by atoms with van der Waals surface area (Å²) in [6.45, 7) is 16.5. The van der Waals surface area contributed by atoms with Gasteiger partial charge in [-0.05, 0) is 70.4 Å². The van der Waals surface area contributed by atoms with Crippen LogP contribution in [0, 0.1) is 5.92 Å². The van der Waals surface area contributed by atoms with Gasteiger partial charge in [-0.2, -0.15) is 0 Å². The molecule has 0 fully saturated rings. The normalized spacial score (nSPS) is 21.0. The number of nitrogens with zero attached hydrogens (tertiary/aromatic N) is 1. The Hall–Kier alpha value is -1.83. The van der Waals surface area contributed by atoms with Crippen LogP contribution in [-0.4, -0.2) is 5.16 Å². The Morgan fingerprint density at radius 2 is 1.81 bits per heavy atom. The molecule has 0 N–H and O–H groups in total. The van der Waals surface area contributed by atoms with Crippen molar-refractivity contribution in [3.63, 3.8) is 0 Å². The number of unbranched alkanes of at least 4 members (excludes halogenated alkanes) is 1. The summed E-state index contributed by atoms with van der Waals surface area (Å²) in [5.74, 6) is 1.43. The van der Waals surface area contributed by atoms with Crippen LogP contribution in [0.3, 0.4) is 0 Å². The van der Waals surface area contributed by atoms with Gasteiger partial charge in [0.15, 0.2) is 5.76 Å². The minimum atomic E-state index is 0.184. The number of benzene rings is 1. The second kappa shape index (κ2) is 6.72. The van der Waals surface area contributed by atoms with E-state index in [9.17, 15) is 0 Å². The van der Waals surface area contributed by atoms with Crippen molar-refractivity contribution in [1.82, 2.24) is 5.16 Å². The standard InChI is InChI=1S/C24H33NO/c1-8-9-10-18-14-21-22(24(6,7)17(3)23(21,4)5)15-20(18)16(2)13-19-11-12-25-26-19/h11-15,17H,8-10H2,1-7H3/b16-13+. The van der Waals surface area contributed by atoms with Crippen molar-refractivity contribution in [1.29, 1.82) is 0 Å². The molecule has 26 heavy (non-hydrogen) atoms. The lowest BCUT2D eigenvalue weighted by Gasteiger charge is -2.32. The molecular weight excluding hydrogens is 318 g/mol. The minimum absolute atomic E-state index is 0.184. The number of allylic oxidation sites excluding steroid dienone is 1. The fourth-order valence-corrected chi connectivity index (χ4v) is 4.61. The van der Waals surface area contributed by atoms with Crippen LogP contribution < -0.4 is 0 Å². The summed E-state index contributed by atoms with van der Waals surface area (Å²) in [4.78, 5) is 0. The Morgan fingerprint density at radius 1 is 1.15 bits per heavy atom. The van der Waals surface area contributed by atoms with Crippen molar-refractivity contribution >= 4 is 11.6 Å². The summed E-state index contributed by atoms with van der Waals surface area (Å²) in [6.07, 6.45) is 7.38. The van der Waals surface area contributed by atoms with Gasteiger partial charge in [-0.15, -0.1) is 0 Å². The number of fused-ring (bicyclic) bond motifs is 1. The van der Waals surface area contributed by atoms with E-state index in [0.29, 0.717) is 5.92 Å². The molecule has 140 valence electrons. The molecule has 1 aliphatic carbocycles. The number of hydrogen-bond acceptors (Lipinski definition) is 2. The molecule has 2 heteroatoms. The zero-order valence-electron chi connectivity index (χ0n) is 17.4. The summed E-state index contributed by atoms with van der Waals surface area (Å²) < 4.78 is 5.30. The fraction of sp³-hybridized carbons (Fsp3) is 0.542. The number of aromatic nitrogens is 1. The lowest BCUT2D eigenvalue weighted by atomic mass is 9.71. The largest absolute Gasteiger partial charge is 0.357 e. The van der Waals surface area contributed by atoms with Crippen LogP contribution in [0.4, 0.5) is 0 Å². The monoisotopic (exact) mass is 351 g/mol. The second-order valence-corrected chi connectivity index (χ2v) is 9.07. The van der Waals surface area contributed by atoms with E-state index in [-0.39, 0.29) is 10.8 Å². The Balaban J connectivity index is 2.17. The first-order chi connectivity index (χ1) is 12.2. The maximum absolute atomic E-state index is 5.30. The molecule has 1 aromatic carbocycles. The van der Waals surface area contributed by atoms with E-state index in [0.717, 1.165) is 12.2 Å². The molecule has 1 unspecified atom stereocenters. The lowest BCUT2D eigenvalue weighted by Crippen LogP contribution is -2.30. The van der Waals surface area contributed by atoms with E-state index < -0.39 is 0 Å². The van der Waals surface area contributed by atoms with E-state index in [4.69, 9.17) is 4.52 Å². The Bertz CT molecular complexity index is 809. The summed E-state index contributed by atoms with van der Waals surface area (Å²) in [5, 5.41) is 3.83. The molecular formula is C24H33NO. The summed E-state index contributed by atoms with van der Waals surface area (Å²) in [6, 6.07) is 6.88. The van der Waals surface area contributed by atoms with Gasteiger partial charge in [0, 0.05) is 6.07 Å². The van der Waals surface area contributed by atoms with Crippen molar-refractivity contribution in [2.24, 2.45) is 5.92 Å². The van der Waals surface area contributed by atoms with Crippen molar-refractivity contribution in [2.45, 2.75) is 78.6 Å². The minimum Gasteiger partial charge on any atom is -0.357 e. The summed E-state index contributed by atoms with van der Waals surface area (Å²) in [7, 11) is 0. The van der Waals surface area contributed by atoms with E-state index in [1.165, 1.54) is 40.7 Å². The van der Waals surface area contributed by atoms with Gasteiger partial charge in [-0.1, -0.05) is 65.3 Å². The molecule has 1 aliphatic rings. The Labute approximate surface area is 158 Å². The van der Waals surface area contributed by atoms with Crippen LogP contribution in [0.2, 0.25) is 0 Å². The van der Waals surface area contributed by atoms with Gasteiger partial charge in [-0.25, -0.2) is 0 Å². The highest BCUT2D eigenvalue weighted by atomic mass is 16.5. The topological polar surface area (TPSA) is 26.0 Å². The van der Waals surface area contributed by atoms with Crippen LogP contribution in [-0.2, 0) is 17.3 Å². The average Bonchev–Trinajstić information content (AvgIpc) is 3.14. The molecule has 0 bridgehead atoms. The third-order valence-corrected chi connectivity index (χ3v) is 6.84. The third-order valence-electron chi connectivity index (χ3n) is 6.84. The van der Waals surface area contributed by atoms with Crippen molar-refractivity contribution in [3.8, 4) is 0 Å². The molecule has 2 aromatic rings. The van der Waals surface area contributed by atoms with Crippen molar-refractivity contribution < 1.29 is 4.52 Å². The van der Waals surface area contributed by atoms with Crippen molar-refractivity contribution in [3.05, 3.63) is 52.4 Å². The first kappa shape index (κ1) is 18.9. The number of rotatable bonds is 5. The molecule has 1 aromatic heterocycles. The maximum atomic E-state index is 5.30. The van der Waals surface area contributed by atoms with Gasteiger partial charge >= 0.3 is 0 Å². The predicted octanol–water partition coefficient (Wildman–Crippen LogP) is 6.78. The lowest BCUT2D eigenvalue weighted by molar-refractivity contribution is 0.264. The van der Waals surface area contributed by atoms with Gasteiger partial charge in [0.1, 0.15) is 0 Å². The first-order valence-electron chi connectivity index (χ1n) is 9.96. The molecule has 0 radical (unpaired) electrons. The van der Waals surface area contributed by atoms with Crippen LogP contribution >= 0.6 is 0 Å². The van der Waals surface area contributed by atoms with Gasteiger partial charge in [-0.3, -0.25) is 0 Å². The Kier molecular flexibility index (Phi) is 4.90. The summed E-state index contributed by atoms with van der Waals surface area (Å²) in [5.41, 5.74) is 7.53. The molecule has 1 atom stereocenters. The van der Waals surface area contributed by atoms with E-state index in [1.54, 1.807) is 6.20 Å². The van der Waals surface area contributed by atoms with E-state index >= 15 is 0 Å². The Morgan fingerprint density at radius 3 is 2.38 bits per heavy atom. The van der Waals surface area contributed by atoms with Gasteiger partial charge in [0.05, 0.1) is 6.20 Å². The van der Waals surface area contributed by atoms with E-state index in [1.807, 2.05) is 6.07 Å². The number of aryl methyl sites for hydroxylation is 1. The smallest absolute Gasteiger partial charge is 0.159 e. The molecule has 0 saturated carbocycles. The van der Waals surface area contributed by atoms with Crippen LogP contribution in [0.5, 0.6) is 0 Å². The summed E-state index contributed by atoms with van der Waals surface area (Å²) >= 11 is 0. The van der Waals surface area contributed by atoms with Crippen LogP contribution in [0.25, 0.3) is 11.6 Å². The first-order valence-corrected chi connectivity index (χ1v) is 9.96. The maximum Gasteiger partial charge on any atom is 0.159 e. The van der Waals surface area contributed by atoms with Gasteiger partial charge < -0.3 is 4.52 Å². The van der Waals surface area contributed by atoms with Crippen LogP contribution in [0.1, 0.15) is 89.3 Å². The molecule has 2 nitrogen and oxygen atoms in total. The SMILES string of the molecule is CCCCc1cc2c(cc1/C(C)=C/c1ccno1)C(C)(C)C(C)C2(C)C. The molecule has 0 saturated heterocycles. The number of hydrogen-bond donors (Lipinski definition) is 0. The zero-order valence-corrected chi connectivity index (χ0v) is 17.4. The average molecular weight is 352 g/mol. The molecule has 0 spiro atoms. The van der Waals surface area contributed by atoms with Crippen LogP contribution in [0.15, 0.2) is 28.9 Å². The molecule has 0 aliphatic heterocycles. The van der Waals surface area contributed by atoms with Gasteiger partial charge in [0.25, 0.3) is 0 Å². The molecule has 1 heterocycles. The fourth-order valence-electron chi connectivity index (χ4n) is 4.61. The highest BCUT2D eigenvalue weighted by molar-refractivity contribution is 5.81. The van der Waals surface area contributed by atoms with Gasteiger partial charge in [0.2, 0.25) is 0 Å². The quantitative estimate of drug-likeness (QED) is 0.593.